The molecule has 0 amide bonds. The van der Waals surface area contributed by atoms with Gasteiger partial charge in [-0.3, -0.25) is 4.98 Å². The minimum Gasteiger partial charge on any atom is -0.478 e. The number of carboxylic acid groups (broad SMARTS) is 1. The second kappa shape index (κ2) is 5.96. The van der Waals surface area contributed by atoms with E-state index in [2.05, 4.69) is 11.1 Å². The average molecular weight is 253 g/mol. The molecule has 0 spiro atoms. The van der Waals surface area contributed by atoms with E-state index in [1.807, 2.05) is 43.3 Å². The molecule has 1 heterocycles. The molecule has 1 N–H and O–H groups in total. The largest absolute Gasteiger partial charge is 0.478 e. The molecule has 0 saturated heterocycles. The van der Waals surface area contributed by atoms with Crippen molar-refractivity contribution in [3.8, 4) is 0 Å². The summed E-state index contributed by atoms with van der Waals surface area (Å²) in [7, 11) is 0. The van der Waals surface area contributed by atoms with E-state index in [4.69, 9.17) is 5.11 Å². The van der Waals surface area contributed by atoms with Crippen molar-refractivity contribution in [1.82, 2.24) is 4.98 Å². The number of carbonyl (C=O) groups is 1. The predicted octanol–water partition coefficient (Wildman–Crippen LogP) is 3.60. The van der Waals surface area contributed by atoms with Gasteiger partial charge in [0, 0.05) is 17.8 Å². The number of benzene rings is 1. The normalized spacial score (nSPS) is 12.5. The van der Waals surface area contributed by atoms with E-state index in [1.54, 1.807) is 12.1 Å². The van der Waals surface area contributed by atoms with Crippen LogP contribution in [0.3, 0.4) is 0 Å². The molecule has 3 heteroatoms. The number of hydrogen-bond acceptors (Lipinski definition) is 2. The molecule has 1 aromatic carbocycles. The number of hydrogen-bond donors (Lipinski definition) is 1. The summed E-state index contributed by atoms with van der Waals surface area (Å²) in [5.41, 5.74) is 2.21. The van der Waals surface area contributed by atoms with Gasteiger partial charge in [-0.15, -0.1) is 0 Å². The Labute approximate surface area is 112 Å². The Morgan fingerprint density at radius 2 is 1.95 bits per heavy atom. The van der Waals surface area contributed by atoms with E-state index < -0.39 is 5.97 Å². The van der Waals surface area contributed by atoms with Crippen molar-refractivity contribution in [1.29, 1.82) is 0 Å². The van der Waals surface area contributed by atoms with E-state index in [0.717, 1.165) is 11.3 Å². The Morgan fingerprint density at radius 1 is 1.21 bits per heavy atom. The fourth-order valence-corrected chi connectivity index (χ4v) is 1.72. The molecule has 0 fully saturated rings. The van der Waals surface area contributed by atoms with Gasteiger partial charge >= 0.3 is 5.97 Å². The van der Waals surface area contributed by atoms with Crippen molar-refractivity contribution in [2.75, 3.05) is 0 Å². The molecule has 3 nitrogen and oxygen atoms in total. The summed E-state index contributed by atoms with van der Waals surface area (Å²) in [6, 6.07) is 13.4. The molecule has 1 unspecified atom stereocenters. The van der Waals surface area contributed by atoms with Gasteiger partial charge in [0.1, 0.15) is 0 Å². The van der Waals surface area contributed by atoms with Crippen molar-refractivity contribution >= 4 is 12.0 Å². The summed E-state index contributed by atoms with van der Waals surface area (Å²) in [5, 5.41) is 8.81. The fourth-order valence-electron chi connectivity index (χ4n) is 1.72. The van der Waals surface area contributed by atoms with Gasteiger partial charge < -0.3 is 5.11 Å². The molecule has 0 aliphatic carbocycles. The second-order valence-corrected chi connectivity index (χ2v) is 4.34. The Hall–Kier alpha value is -2.42. The van der Waals surface area contributed by atoms with Crippen LogP contribution in [0.15, 0.2) is 54.7 Å². The lowest BCUT2D eigenvalue weighted by molar-refractivity contribution is 0.0696. The lowest BCUT2D eigenvalue weighted by atomic mass is 10.0. The number of carboxylic acids is 1. The van der Waals surface area contributed by atoms with Crippen molar-refractivity contribution in [2.45, 2.75) is 12.8 Å². The molecule has 0 bridgehead atoms. The van der Waals surface area contributed by atoms with Crippen LogP contribution in [0.1, 0.15) is 34.5 Å². The highest BCUT2D eigenvalue weighted by atomic mass is 16.4. The first-order valence-corrected chi connectivity index (χ1v) is 6.09. The SMILES string of the molecule is CC(C=Cc1ccccc1)c1ccc(C(=O)O)cn1. The van der Waals surface area contributed by atoms with Crippen molar-refractivity contribution in [3.05, 3.63) is 71.6 Å². The summed E-state index contributed by atoms with van der Waals surface area (Å²) in [6.45, 7) is 2.03. The standard InChI is InChI=1S/C16H15NO2/c1-12(7-8-13-5-3-2-4-6-13)15-10-9-14(11-17-15)16(18)19/h2-12H,1H3,(H,18,19). The van der Waals surface area contributed by atoms with Crippen LogP contribution in [0.5, 0.6) is 0 Å². The topological polar surface area (TPSA) is 50.2 Å². The molecule has 0 aliphatic heterocycles. The van der Waals surface area contributed by atoms with Crippen LogP contribution in [0.25, 0.3) is 6.08 Å². The van der Waals surface area contributed by atoms with Gasteiger partial charge in [-0.25, -0.2) is 4.79 Å². The predicted molar refractivity (Wildman–Crippen MR) is 75.1 cm³/mol. The van der Waals surface area contributed by atoms with E-state index in [0.29, 0.717) is 0 Å². The maximum Gasteiger partial charge on any atom is 0.337 e. The Bertz CT molecular complexity index is 573. The Balaban J connectivity index is 2.09. The first-order valence-electron chi connectivity index (χ1n) is 6.09. The van der Waals surface area contributed by atoms with Crippen LogP contribution in [0.4, 0.5) is 0 Å². The smallest absolute Gasteiger partial charge is 0.337 e. The summed E-state index contributed by atoms with van der Waals surface area (Å²) in [4.78, 5) is 14.9. The maximum atomic E-state index is 10.7. The van der Waals surface area contributed by atoms with Crippen molar-refractivity contribution < 1.29 is 9.90 Å². The highest BCUT2D eigenvalue weighted by molar-refractivity contribution is 5.87. The molecular formula is C16H15NO2. The van der Waals surface area contributed by atoms with E-state index >= 15 is 0 Å². The minimum atomic E-state index is -0.952. The monoisotopic (exact) mass is 253 g/mol. The summed E-state index contributed by atoms with van der Waals surface area (Å²) in [6.07, 6.45) is 5.49. The van der Waals surface area contributed by atoms with Crippen molar-refractivity contribution in [2.24, 2.45) is 0 Å². The van der Waals surface area contributed by atoms with E-state index in [1.165, 1.54) is 6.20 Å². The molecule has 1 aromatic heterocycles. The number of rotatable bonds is 4. The number of nitrogens with zero attached hydrogens (tertiary/aromatic N) is 1. The van der Waals surface area contributed by atoms with Gasteiger partial charge in [0.05, 0.1) is 5.56 Å². The first-order chi connectivity index (χ1) is 9.16. The van der Waals surface area contributed by atoms with Crippen LogP contribution in [0, 0.1) is 0 Å². The maximum absolute atomic E-state index is 10.7. The molecule has 96 valence electrons. The Kier molecular flexibility index (Phi) is 4.08. The molecular weight excluding hydrogens is 238 g/mol. The lowest BCUT2D eigenvalue weighted by Gasteiger charge is -2.05. The van der Waals surface area contributed by atoms with Crippen molar-refractivity contribution in [3.63, 3.8) is 0 Å². The zero-order chi connectivity index (χ0) is 13.7. The molecule has 0 saturated carbocycles. The number of aromatic carboxylic acids is 1. The van der Waals surface area contributed by atoms with Gasteiger partial charge in [0.15, 0.2) is 0 Å². The molecule has 0 aliphatic rings. The first kappa shape index (κ1) is 13.0. The highest BCUT2D eigenvalue weighted by Crippen LogP contribution is 2.16. The second-order valence-electron chi connectivity index (χ2n) is 4.34. The van der Waals surface area contributed by atoms with Gasteiger partial charge in [0.2, 0.25) is 0 Å². The minimum absolute atomic E-state index is 0.142. The quantitative estimate of drug-likeness (QED) is 0.905. The van der Waals surface area contributed by atoms with Crippen LogP contribution >= 0.6 is 0 Å². The van der Waals surface area contributed by atoms with E-state index in [9.17, 15) is 4.79 Å². The highest BCUT2D eigenvalue weighted by Gasteiger charge is 2.06. The Morgan fingerprint density at radius 3 is 2.53 bits per heavy atom. The van der Waals surface area contributed by atoms with E-state index in [-0.39, 0.29) is 11.5 Å². The zero-order valence-corrected chi connectivity index (χ0v) is 10.7. The third-order valence-electron chi connectivity index (χ3n) is 2.88. The van der Waals surface area contributed by atoms with Crippen LogP contribution in [-0.4, -0.2) is 16.1 Å². The molecule has 2 aromatic rings. The third kappa shape index (κ3) is 3.52. The lowest BCUT2D eigenvalue weighted by Crippen LogP contribution is -2.00. The van der Waals surface area contributed by atoms with Gasteiger partial charge in [-0.2, -0.15) is 0 Å². The summed E-state index contributed by atoms with van der Waals surface area (Å²) in [5.74, 6) is -0.811. The third-order valence-corrected chi connectivity index (χ3v) is 2.88. The zero-order valence-electron chi connectivity index (χ0n) is 10.7. The number of allylic oxidation sites excluding steroid dienone is 1. The molecule has 19 heavy (non-hydrogen) atoms. The van der Waals surface area contributed by atoms with Crippen LogP contribution in [-0.2, 0) is 0 Å². The number of aromatic nitrogens is 1. The molecule has 0 radical (unpaired) electrons. The van der Waals surface area contributed by atoms with Gasteiger partial charge in [0.25, 0.3) is 0 Å². The van der Waals surface area contributed by atoms with Crippen LogP contribution in [0.2, 0.25) is 0 Å². The average Bonchev–Trinajstić information content (AvgIpc) is 2.46. The fraction of sp³-hybridized carbons (Fsp3) is 0.125. The molecule has 2 rings (SSSR count). The van der Waals surface area contributed by atoms with Crippen LogP contribution < -0.4 is 0 Å². The number of pyridine rings is 1. The molecule has 1 atom stereocenters. The van der Waals surface area contributed by atoms with Gasteiger partial charge in [-0.1, -0.05) is 49.4 Å². The summed E-state index contributed by atoms with van der Waals surface area (Å²) >= 11 is 0. The van der Waals surface area contributed by atoms with Gasteiger partial charge in [-0.05, 0) is 17.7 Å². The summed E-state index contributed by atoms with van der Waals surface area (Å²) < 4.78 is 0.